The van der Waals surface area contributed by atoms with E-state index in [1.54, 1.807) is 29.2 Å². The monoisotopic (exact) mass is 244 g/mol. The number of nitrogens with two attached hydrogens (primary N) is 1. The summed E-state index contributed by atoms with van der Waals surface area (Å²) < 4.78 is 0. The Hall–Kier alpha value is -1.82. The van der Waals surface area contributed by atoms with E-state index >= 15 is 0 Å². The van der Waals surface area contributed by atoms with Gasteiger partial charge in [-0.3, -0.25) is 4.79 Å². The van der Waals surface area contributed by atoms with Crippen molar-refractivity contribution in [3.63, 3.8) is 0 Å². The van der Waals surface area contributed by atoms with Crippen molar-refractivity contribution < 1.29 is 9.59 Å². The molecule has 2 rings (SSSR count). The van der Waals surface area contributed by atoms with Crippen molar-refractivity contribution in [2.24, 2.45) is 0 Å². The number of piperazine rings is 1. The summed E-state index contributed by atoms with van der Waals surface area (Å²) in [7, 11) is 1.52. The first-order chi connectivity index (χ1) is 8.70. The predicted molar refractivity (Wildman–Crippen MR) is 70.8 cm³/mol. The average Bonchev–Trinajstić information content (AvgIpc) is 2.40. The molecule has 1 aliphatic heterocycles. The molecule has 0 aromatic heterocycles. The molecule has 5 nitrogen and oxygen atoms in total. The fourth-order valence-electron chi connectivity index (χ4n) is 1.97. The van der Waals surface area contributed by atoms with Crippen LogP contribution in [0.1, 0.15) is 10.4 Å². The molecule has 6 heteroatoms. The largest absolute Gasteiger partial charge is 0.399 e. The zero-order chi connectivity index (χ0) is 13.0. The third-order valence-electron chi connectivity index (χ3n) is 3.03. The number of anilines is 1. The van der Waals surface area contributed by atoms with Gasteiger partial charge >= 0.3 is 0 Å². The Morgan fingerprint density at radius 3 is 2.33 bits per heavy atom. The van der Waals surface area contributed by atoms with Gasteiger partial charge in [0.15, 0.2) is 0 Å². The van der Waals surface area contributed by atoms with Crippen LogP contribution in [-0.2, 0) is 4.79 Å². The molecule has 1 heterocycles. The van der Waals surface area contributed by atoms with Gasteiger partial charge in [-0.05, 0) is 24.3 Å². The maximum atomic E-state index is 12.2. The Morgan fingerprint density at radius 1 is 1.17 bits per heavy atom. The summed E-state index contributed by atoms with van der Waals surface area (Å²) in [5.74, 6) is 0.0146. The number of amides is 1. The second-order valence-corrected chi connectivity index (χ2v) is 4.24. The summed E-state index contributed by atoms with van der Waals surface area (Å²) in [5, 5.41) is 0. The number of benzene rings is 1. The van der Waals surface area contributed by atoms with Crippen molar-refractivity contribution in [2.45, 2.75) is 0 Å². The van der Waals surface area contributed by atoms with Gasteiger partial charge in [0.25, 0.3) is 13.3 Å². The first-order valence-corrected chi connectivity index (χ1v) is 5.88. The van der Waals surface area contributed by atoms with Gasteiger partial charge in [0.05, 0.1) is 6.19 Å². The second kappa shape index (κ2) is 5.68. The van der Waals surface area contributed by atoms with Crippen molar-refractivity contribution >= 4 is 25.2 Å². The fourth-order valence-corrected chi connectivity index (χ4v) is 1.97. The lowest BCUT2D eigenvalue weighted by molar-refractivity contribution is 0.0699. The molecule has 0 saturated carbocycles. The minimum absolute atomic E-state index is 0.0146. The maximum Gasteiger partial charge on any atom is 0.293 e. The molecule has 0 aliphatic carbocycles. The molecule has 0 unspecified atom stereocenters. The van der Waals surface area contributed by atoms with Crippen LogP contribution in [0.15, 0.2) is 24.3 Å². The lowest BCUT2D eigenvalue weighted by atomic mass is 9.93. The van der Waals surface area contributed by atoms with Crippen molar-refractivity contribution in [1.29, 1.82) is 0 Å². The molecule has 1 saturated heterocycles. The molecule has 2 N–H and O–H groups in total. The summed E-state index contributed by atoms with van der Waals surface area (Å²) in [6, 6.07) is 6.93. The van der Waals surface area contributed by atoms with Gasteiger partial charge in [-0.1, -0.05) is 0 Å². The quantitative estimate of drug-likeness (QED) is 0.455. The molecule has 18 heavy (non-hydrogen) atoms. The number of hydrogen-bond donors (Lipinski definition) is 1. The van der Waals surface area contributed by atoms with E-state index in [-0.39, 0.29) is 5.91 Å². The summed E-state index contributed by atoms with van der Waals surface area (Å²) in [6.07, 6.45) is 0.775. The number of nitrogens with zero attached hydrogens (tertiary/aromatic N) is 2. The first kappa shape index (κ1) is 12.6. The Balaban J connectivity index is 1.95. The third kappa shape index (κ3) is 2.90. The highest BCUT2D eigenvalue weighted by Gasteiger charge is 2.21. The molecule has 93 valence electrons. The SMILES string of the molecule is Nc1ccc(C(=O)N2CCN([B]C=O)CC2)cc1. The molecule has 1 aromatic carbocycles. The summed E-state index contributed by atoms with van der Waals surface area (Å²) >= 11 is 0. The van der Waals surface area contributed by atoms with E-state index in [4.69, 9.17) is 5.73 Å². The smallest absolute Gasteiger partial charge is 0.293 e. The highest BCUT2D eigenvalue weighted by atomic mass is 16.2. The number of hydrogen-bond acceptors (Lipinski definition) is 4. The molecule has 1 aliphatic rings. The van der Waals surface area contributed by atoms with Gasteiger partial charge in [-0.25, -0.2) is 0 Å². The topological polar surface area (TPSA) is 66.6 Å². The minimum atomic E-state index is 0.0146. The molecular weight excluding hydrogens is 229 g/mol. The highest BCUT2D eigenvalue weighted by molar-refractivity contribution is 6.64. The van der Waals surface area contributed by atoms with Crippen LogP contribution in [-0.4, -0.2) is 55.4 Å². The lowest BCUT2D eigenvalue weighted by Gasteiger charge is -2.33. The van der Waals surface area contributed by atoms with Crippen molar-refractivity contribution in [3.05, 3.63) is 29.8 Å². The van der Waals surface area contributed by atoms with Gasteiger partial charge < -0.3 is 20.2 Å². The van der Waals surface area contributed by atoms with Gasteiger partial charge in [0.2, 0.25) is 0 Å². The van der Waals surface area contributed by atoms with Crippen molar-refractivity contribution in [3.8, 4) is 0 Å². The number of nitrogen functional groups attached to an aromatic ring is 1. The van der Waals surface area contributed by atoms with Crippen LogP contribution in [0, 0.1) is 0 Å². The second-order valence-electron chi connectivity index (χ2n) is 4.24. The van der Waals surface area contributed by atoms with E-state index in [1.807, 2.05) is 4.81 Å². The highest BCUT2D eigenvalue weighted by Crippen LogP contribution is 2.10. The predicted octanol–water partition coefficient (Wildman–Crippen LogP) is -0.164. The Morgan fingerprint density at radius 2 is 1.78 bits per heavy atom. The van der Waals surface area contributed by atoms with Crippen molar-refractivity contribution in [2.75, 3.05) is 31.9 Å². The molecule has 1 fully saturated rings. The van der Waals surface area contributed by atoms with Crippen molar-refractivity contribution in [1.82, 2.24) is 9.71 Å². The standard InChI is InChI=1S/C12H15BN3O2/c14-11-3-1-10(2-4-11)12(18)15-5-7-16(8-6-15)13-9-17/h1-4,9H,5-8,14H2. The summed E-state index contributed by atoms with van der Waals surface area (Å²) in [6.45, 7) is 2.65. The number of rotatable bonds is 3. The van der Waals surface area contributed by atoms with Gasteiger partial charge in [0, 0.05) is 37.4 Å². The molecule has 1 radical (unpaired) electrons. The zero-order valence-corrected chi connectivity index (χ0v) is 10.1. The van der Waals surface area contributed by atoms with Crippen LogP contribution in [0.5, 0.6) is 0 Å². The van der Waals surface area contributed by atoms with E-state index in [0.29, 0.717) is 37.4 Å². The van der Waals surface area contributed by atoms with Gasteiger partial charge in [-0.2, -0.15) is 0 Å². The van der Waals surface area contributed by atoms with E-state index in [9.17, 15) is 9.59 Å². The van der Waals surface area contributed by atoms with E-state index in [2.05, 4.69) is 0 Å². The normalized spacial score (nSPS) is 16.3. The van der Waals surface area contributed by atoms with Crippen LogP contribution >= 0.6 is 0 Å². The van der Waals surface area contributed by atoms with E-state index in [0.717, 1.165) is 6.19 Å². The Kier molecular flexibility index (Phi) is 3.99. The van der Waals surface area contributed by atoms with Crippen LogP contribution in [0.2, 0.25) is 0 Å². The summed E-state index contributed by atoms with van der Waals surface area (Å²) in [5.41, 5.74) is 6.89. The van der Waals surface area contributed by atoms with Crippen LogP contribution in [0.3, 0.4) is 0 Å². The summed E-state index contributed by atoms with van der Waals surface area (Å²) in [4.78, 5) is 26.2. The van der Waals surface area contributed by atoms with Gasteiger partial charge in [-0.15, -0.1) is 0 Å². The Labute approximate surface area is 107 Å². The first-order valence-electron chi connectivity index (χ1n) is 5.88. The van der Waals surface area contributed by atoms with Crippen LogP contribution < -0.4 is 5.73 Å². The minimum Gasteiger partial charge on any atom is -0.399 e. The zero-order valence-electron chi connectivity index (χ0n) is 10.1. The molecule has 0 atom stereocenters. The van der Waals surface area contributed by atoms with E-state index in [1.165, 1.54) is 7.41 Å². The fraction of sp³-hybridized carbons (Fsp3) is 0.333. The van der Waals surface area contributed by atoms with Crippen LogP contribution in [0.4, 0.5) is 5.69 Å². The third-order valence-corrected chi connectivity index (χ3v) is 3.03. The lowest BCUT2D eigenvalue weighted by Crippen LogP contribution is -2.50. The Bertz CT molecular complexity index is 427. The molecular formula is C12H15BN3O2. The maximum absolute atomic E-state index is 12.2. The molecule has 0 spiro atoms. The molecule has 1 aromatic rings. The van der Waals surface area contributed by atoms with Crippen LogP contribution in [0.25, 0.3) is 0 Å². The van der Waals surface area contributed by atoms with Gasteiger partial charge in [0.1, 0.15) is 0 Å². The molecule has 0 bridgehead atoms. The van der Waals surface area contributed by atoms with E-state index < -0.39 is 0 Å². The average molecular weight is 244 g/mol. The number of carbonyl (C=O) groups is 2. The number of carbonyl (C=O) groups excluding carboxylic acids is 2. The molecule has 1 amide bonds.